The average molecular weight is 262 g/mol. The minimum Gasteiger partial charge on any atom is -0.494 e. The Morgan fingerprint density at radius 3 is 2.53 bits per heavy atom. The number of benzene rings is 1. The second-order valence-electron chi connectivity index (χ2n) is 5.04. The molecule has 1 aliphatic rings. The lowest BCUT2D eigenvalue weighted by atomic mass is 9.81. The van der Waals surface area contributed by atoms with Crippen molar-refractivity contribution in [1.29, 1.82) is 0 Å². The van der Waals surface area contributed by atoms with Crippen molar-refractivity contribution < 1.29 is 14.3 Å². The van der Waals surface area contributed by atoms with Crippen LogP contribution in [0.25, 0.3) is 0 Å². The van der Waals surface area contributed by atoms with Gasteiger partial charge in [-0.3, -0.25) is 4.79 Å². The summed E-state index contributed by atoms with van der Waals surface area (Å²) in [7, 11) is 0. The quantitative estimate of drug-likeness (QED) is 0.777. The first-order valence-corrected chi connectivity index (χ1v) is 7.10. The summed E-state index contributed by atoms with van der Waals surface area (Å²) in [5, 5.41) is 0. The fourth-order valence-corrected chi connectivity index (χ4v) is 2.81. The van der Waals surface area contributed by atoms with E-state index in [1.165, 1.54) is 18.9 Å². The molecular weight excluding hydrogens is 240 g/mol. The molecule has 0 radical (unpaired) electrons. The van der Waals surface area contributed by atoms with E-state index in [9.17, 15) is 4.79 Å². The summed E-state index contributed by atoms with van der Waals surface area (Å²) in [5.41, 5.74) is 1.24. The molecule has 1 fully saturated rings. The molecule has 0 heterocycles. The van der Waals surface area contributed by atoms with E-state index in [1.807, 2.05) is 19.1 Å². The Hall–Kier alpha value is -1.51. The Balaban J connectivity index is 2.10. The molecule has 0 unspecified atom stereocenters. The molecule has 3 nitrogen and oxygen atoms in total. The van der Waals surface area contributed by atoms with Crippen molar-refractivity contribution in [3.05, 3.63) is 29.8 Å². The second kappa shape index (κ2) is 6.60. The first kappa shape index (κ1) is 13.9. The van der Waals surface area contributed by atoms with E-state index in [4.69, 9.17) is 9.47 Å². The standard InChI is InChI=1S/C16H22O3/c1-3-18-14-10-8-13(9-11-14)15-6-4-5-7-16(15)19-12(2)17/h8-11,15-16H,3-7H2,1-2H3/t15-,16+/m0/s1. The van der Waals surface area contributed by atoms with Crippen LogP contribution in [0.4, 0.5) is 0 Å². The van der Waals surface area contributed by atoms with E-state index >= 15 is 0 Å². The molecule has 2 rings (SSSR count). The summed E-state index contributed by atoms with van der Waals surface area (Å²) >= 11 is 0. The lowest BCUT2D eigenvalue weighted by molar-refractivity contribution is -0.148. The Morgan fingerprint density at radius 1 is 1.21 bits per heavy atom. The van der Waals surface area contributed by atoms with Gasteiger partial charge in [-0.1, -0.05) is 18.6 Å². The van der Waals surface area contributed by atoms with Crippen molar-refractivity contribution in [2.75, 3.05) is 6.61 Å². The number of hydrogen-bond donors (Lipinski definition) is 0. The molecule has 1 saturated carbocycles. The highest BCUT2D eigenvalue weighted by Crippen LogP contribution is 2.35. The molecule has 3 heteroatoms. The Morgan fingerprint density at radius 2 is 1.89 bits per heavy atom. The fraction of sp³-hybridized carbons (Fsp3) is 0.562. The molecule has 2 atom stereocenters. The lowest BCUT2D eigenvalue weighted by Gasteiger charge is -2.31. The van der Waals surface area contributed by atoms with Gasteiger partial charge in [0.2, 0.25) is 0 Å². The highest BCUT2D eigenvalue weighted by molar-refractivity contribution is 5.66. The molecule has 0 aromatic heterocycles. The van der Waals surface area contributed by atoms with Gasteiger partial charge in [0.25, 0.3) is 0 Å². The maximum Gasteiger partial charge on any atom is 0.302 e. The molecule has 19 heavy (non-hydrogen) atoms. The zero-order valence-corrected chi connectivity index (χ0v) is 11.7. The first-order valence-electron chi connectivity index (χ1n) is 7.10. The van der Waals surface area contributed by atoms with Crippen LogP contribution in [0.5, 0.6) is 5.75 Å². The Labute approximate surface area is 114 Å². The van der Waals surface area contributed by atoms with Crippen LogP contribution in [0.15, 0.2) is 24.3 Å². The minimum absolute atomic E-state index is 0.0317. The number of carbonyl (C=O) groups excluding carboxylic acids is 1. The van der Waals surface area contributed by atoms with Crippen LogP contribution in [-0.2, 0) is 9.53 Å². The van der Waals surface area contributed by atoms with Gasteiger partial charge in [0.1, 0.15) is 11.9 Å². The van der Waals surface area contributed by atoms with Crippen molar-refractivity contribution in [3.8, 4) is 5.75 Å². The van der Waals surface area contributed by atoms with Crippen LogP contribution in [0.1, 0.15) is 51.0 Å². The van der Waals surface area contributed by atoms with Crippen molar-refractivity contribution in [3.63, 3.8) is 0 Å². The van der Waals surface area contributed by atoms with Gasteiger partial charge < -0.3 is 9.47 Å². The summed E-state index contributed by atoms with van der Waals surface area (Å²) in [6.07, 6.45) is 4.44. The number of rotatable bonds is 4. The molecule has 0 spiro atoms. The highest BCUT2D eigenvalue weighted by Gasteiger charge is 2.28. The summed E-state index contributed by atoms with van der Waals surface area (Å²) < 4.78 is 10.9. The normalized spacial score (nSPS) is 22.8. The SMILES string of the molecule is CCOc1ccc([C@@H]2CCCC[C@H]2OC(C)=O)cc1. The van der Waals surface area contributed by atoms with Gasteiger partial charge >= 0.3 is 5.97 Å². The van der Waals surface area contributed by atoms with Gasteiger partial charge in [-0.25, -0.2) is 0 Å². The van der Waals surface area contributed by atoms with Gasteiger partial charge in [-0.15, -0.1) is 0 Å². The van der Waals surface area contributed by atoms with Crippen LogP contribution in [0, 0.1) is 0 Å². The van der Waals surface area contributed by atoms with E-state index in [0.29, 0.717) is 12.5 Å². The molecule has 1 aromatic rings. The maximum atomic E-state index is 11.2. The smallest absolute Gasteiger partial charge is 0.302 e. The van der Waals surface area contributed by atoms with E-state index in [-0.39, 0.29) is 12.1 Å². The Bertz CT molecular complexity index is 411. The van der Waals surface area contributed by atoms with Crippen molar-refractivity contribution in [2.24, 2.45) is 0 Å². The molecule has 104 valence electrons. The zero-order valence-electron chi connectivity index (χ0n) is 11.7. The molecule has 0 aliphatic heterocycles. The molecule has 0 N–H and O–H groups in total. The molecule has 0 saturated heterocycles. The number of ether oxygens (including phenoxy) is 2. The van der Waals surface area contributed by atoms with E-state index in [0.717, 1.165) is 25.0 Å². The number of hydrogen-bond acceptors (Lipinski definition) is 3. The third kappa shape index (κ3) is 3.72. The van der Waals surface area contributed by atoms with E-state index in [1.54, 1.807) is 0 Å². The van der Waals surface area contributed by atoms with Gasteiger partial charge in [-0.05, 0) is 43.9 Å². The Kier molecular flexibility index (Phi) is 4.83. The fourth-order valence-electron chi connectivity index (χ4n) is 2.81. The first-order chi connectivity index (χ1) is 9.20. The average Bonchev–Trinajstić information content (AvgIpc) is 2.40. The molecule has 1 aromatic carbocycles. The predicted molar refractivity (Wildman–Crippen MR) is 74.4 cm³/mol. The van der Waals surface area contributed by atoms with Crippen molar-refractivity contribution in [1.82, 2.24) is 0 Å². The van der Waals surface area contributed by atoms with Crippen LogP contribution in [0.3, 0.4) is 0 Å². The summed E-state index contributed by atoms with van der Waals surface area (Å²) in [4.78, 5) is 11.2. The van der Waals surface area contributed by atoms with Crippen LogP contribution >= 0.6 is 0 Å². The largest absolute Gasteiger partial charge is 0.494 e. The summed E-state index contributed by atoms with van der Waals surface area (Å²) in [6, 6.07) is 8.19. The van der Waals surface area contributed by atoms with Crippen molar-refractivity contribution in [2.45, 2.75) is 51.6 Å². The van der Waals surface area contributed by atoms with E-state index in [2.05, 4.69) is 12.1 Å². The third-order valence-electron chi connectivity index (χ3n) is 3.64. The number of carbonyl (C=O) groups is 1. The van der Waals surface area contributed by atoms with Gasteiger partial charge in [-0.2, -0.15) is 0 Å². The molecule has 0 bridgehead atoms. The van der Waals surface area contributed by atoms with Gasteiger partial charge in [0, 0.05) is 12.8 Å². The molecule has 1 aliphatic carbocycles. The monoisotopic (exact) mass is 262 g/mol. The summed E-state index contributed by atoms with van der Waals surface area (Å²) in [6.45, 7) is 4.15. The van der Waals surface area contributed by atoms with Gasteiger partial charge in [0.15, 0.2) is 0 Å². The minimum atomic E-state index is -0.178. The third-order valence-corrected chi connectivity index (χ3v) is 3.64. The maximum absolute atomic E-state index is 11.2. The van der Waals surface area contributed by atoms with Crippen LogP contribution in [-0.4, -0.2) is 18.7 Å². The van der Waals surface area contributed by atoms with Crippen LogP contribution < -0.4 is 4.74 Å². The number of esters is 1. The predicted octanol–water partition coefficient (Wildman–Crippen LogP) is 3.67. The lowest BCUT2D eigenvalue weighted by Crippen LogP contribution is -2.27. The molecular formula is C16H22O3. The van der Waals surface area contributed by atoms with Crippen molar-refractivity contribution >= 4 is 5.97 Å². The second-order valence-corrected chi connectivity index (χ2v) is 5.04. The molecule has 0 amide bonds. The highest BCUT2D eigenvalue weighted by atomic mass is 16.5. The van der Waals surface area contributed by atoms with Crippen LogP contribution in [0.2, 0.25) is 0 Å². The van der Waals surface area contributed by atoms with Gasteiger partial charge in [0.05, 0.1) is 6.61 Å². The topological polar surface area (TPSA) is 35.5 Å². The summed E-state index contributed by atoms with van der Waals surface area (Å²) in [5.74, 6) is 1.04. The zero-order chi connectivity index (χ0) is 13.7. The van der Waals surface area contributed by atoms with E-state index < -0.39 is 0 Å².